The Morgan fingerprint density at radius 2 is 2.10 bits per heavy atom. The molecule has 1 fully saturated rings. The summed E-state index contributed by atoms with van der Waals surface area (Å²) in [5.41, 5.74) is 1.68. The minimum atomic E-state index is -1.28. The molecule has 1 unspecified atom stereocenters. The zero-order valence-electron chi connectivity index (χ0n) is 17.0. The van der Waals surface area contributed by atoms with Crippen LogP contribution in [-0.2, 0) is 17.8 Å². The first-order chi connectivity index (χ1) is 13.6. The van der Waals surface area contributed by atoms with E-state index in [9.17, 15) is 14.4 Å². The highest BCUT2D eigenvalue weighted by molar-refractivity contribution is 7.20. The first-order valence-electron chi connectivity index (χ1n) is 9.49. The normalized spacial score (nSPS) is 17.4. The summed E-state index contributed by atoms with van der Waals surface area (Å²) >= 11 is 1.25. The SMILES string of the molecule is Cc1c(C=NNC(=O)O)sc2c1c(=O)n(CC(C)(C)C)c(=O)n2CC1CCCO1. The number of rotatable bonds is 5. The third-order valence-electron chi connectivity index (χ3n) is 4.72. The Hall–Kier alpha value is -2.46. The van der Waals surface area contributed by atoms with Gasteiger partial charge in [-0.05, 0) is 30.7 Å². The number of ether oxygens (including phenoxy) is 1. The molecule has 10 heteroatoms. The molecule has 2 aromatic heterocycles. The van der Waals surface area contributed by atoms with E-state index in [0.717, 1.165) is 12.8 Å². The highest BCUT2D eigenvalue weighted by Gasteiger charge is 2.25. The molecule has 0 bridgehead atoms. The number of hydrogen-bond donors (Lipinski definition) is 2. The maximum atomic E-state index is 13.2. The van der Waals surface area contributed by atoms with Gasteiger partial charge >= 0.3 is 11.8 Å². The molecule has 1 amide bonds. The van der Waals surface area contributed by atoms with Crippen LogP contribution in [0.15, 0.2) is 14.7 Å². The predicted octanol–water partition coefficient (Wildman–Crippen LogP) is 2.36. The van der Waals surface area contributed by atoms with Gasteiger partial charge in [0, 0.05) is 13.2 Å². The van der Waals surface area contributed by atoms with Crippen LogP contribution in [0.5, 0.6) is 0 Å². The van der Waals surface area contributed by atoms with E-state index < -0.39 is 6.09 Å². The largest absolute Gasteiger partial charge is 0.464 e. The average molecular weight is 423 g/mol. The van der Waals surface area contributed by atoms with Crippen molar-refractivity contribution in [3.8, 4) is 0 Å². The summed E-state index contributed by atoms with van der Waals surface area (Å²) in [7, 11) is 0. The van der Waals surface area contributed by atoms with E-state index in [1.54, 1.807) is 11.5 Å². The molecular weight excluding hydrogens is 396 g/mol. The number of aromatic nitrogens is 2. The Morgan fingerprint density at radius 3 is 2.69 bits per heavy atom. The average Bonchev–Trinajstić information content (AvgIpc) is 3.23. The Balaban J connectivity index is 2.21. The van der Waals surface area contributed by atoms with Gasteiger partial charge < -0.3 is 9.84 Å². The summed E-state index contributed by atoms with van der Waals surface area (Å²) in [6.07, 6.45) is 1.84. The summed E-state index contributed by atoms with van der Waals surface area (Å²) in [4.78, 5) is 38.3. The van der Waals surface area contributed by atoms with Crippen LogP contribution in [-0.4, -0.2) is 39.3 Å². The molecule has 0 radical (unpaired) electrons. The van der Waals surface area contributed by atoms with Gasteiger partial charge in [-0.1, -0.05) is 20.8 Å². The minimum absolute atomic E-state index is 0.0651. The summed E-state index contributed by atoms with van der Waals surface area (Å²) < 4.78 is 8.64. The monoisotopic (exact) mass is 422 g/mol. The molecule has 0 aromatic carbocycles. The van der Waals surface area contributed by atoms with E-state index in [0.29, 0.717) is 40.4 Å². The van der Waals surface area contributed by atoms with Gasteiger partial charge in [0.2, 0.25) is 0 Å². The lowest BCUT2D eigenvalue weighted by atomic mass is 9.97. The van der Waals surface area contributed by atoms with E-state index in [1.165, 1.54) is 22.1 Å². The lowest BCUT2D eigenvalue weighted by Gasteiger charge is -2.21. The van der Waals surface area contributed by atoms with Crippen LogP contribution in [0.2, 0.25) is 0 Å². The fraction of sp³-hybridized carbons (Fsp3) is 0.579. The lowest BCUT2D eigenvalue weighted by molar-refractivity contribution is 0.0964. The number of nitrogens with one attached hydrogen (secondary N) is 1. The Morgan fingerprint density at radius 1 is 1.38 bits per heavy atom. The second-order valence-electron chi connectivity index (χ2n) is 8.43. The van der Waals surface area contributed by atoms with Crippen LogP contribution in [0.25, 0.3) is 10.2 Å². The molecule has 1 saturated heterocycles. The molecule has 158 valence electrons. The summed E-state index contributed by atoms with van der Waals surface area (Å²) in [5, 5.41) is 12.8. The van der Waals surface area contributed by atoms with Gasteiger partial charge in [0.25, 0.3) is 5.56 Å². The van der Waals surface area contributed by atoms with Crippen molar-refractivity contribution in [2.24, 2.45) is 10.5 Å². The second-order valence-corrected chi connectivity index (χ2v) is 9.46. The summed E-state index contributed by atoms with van der Waals surface area (Å²) in [5.74, 6) is 0. The van der Waals surface area contributed by atoms with Gasteiger partial charge in [-0.15, -0.1) is 11.3 Å². The van der Waals surface area contributed by atoms with Crippen molar-refractivity contribution in [1.29, 1.82) is 0 Å². The van der Waals surface area contributed by atoms with Crippen molar-refractivity contribution in [3.63, 3.8) is 0 Å². The number of thiophene rings is 1. The van der Waals surface area contributed by atoms with Crippen molar-refractivity contribution in [2.75, 3.05) is 6.61 Å². The highest BCUT2D eigenvalue weighted by atomic mass is 32.1. The number of carboxylic acid groups (broad SMARTS) is 1. The molecule has 2 aromatic rings. The van der Waals surface area contributed by atoms with Gasteiger partial charge in [-0.3, -0.25) is 13.9 Å². The van der Waals surface area contributed by atoms with E-state index in [1.807, 2.05) is 26.2 Å². The summed E-state index contributed by atoms with van der Waals surface area (Å²) in [6, 6.07) is 0. The molecule has 2 N–H and O–H groups in total. The molecule has 1 aliphatic rings. The van der Waals surface area contributed by atoms with Crippen LogP contribution in [0.1, 0.15) is 44.1 Å². The van der Waals surface area contributed by atoms with Gasteiger partial charge in [0.1, 0.15) is 4.83 Å². The van der Waals surface area contributed by atoms with Crippen LogP contribution >= 0.6 is 11.3 Å². The Bertz CT molecular complexity index is 1070. The molecule has 0 spiro atoms. The van der Waals surface area contributed by atoms with Gasteiger partial charge in [-0.25, -0.2) is 15.0 Å². The van der Waals surface area contributed by atoms with Crippen molar-refractivity contribution in [1.82, 2.24) is 14.6 Å². The van der Waals surface area contributed by atoms with Crippen LogP contribution in [0, 0.1) is 12.3 Å². The topological polar surface area (TPSA) is 115 Å². The second kappa shape index (κ2) is 8.11. The van der Waals surface area contributed by atoms with E-state index in [4.69, 9.17) is 9.84 Å². The Kier molecular flexibility index (Phi) is 5.95. The van der Waals surface area contributed by atoms with E-state index >= 15 is 0 Å². The van der Waals surface area contributed by atoms with Crippen LogP contribution in [0.4, 0.5) is 4.79 Å². The molecule has 29 heavy (non-hydrogen) atoms. The number of aryl methyl sites for hydroxylation is 1. The third kappa shape index (κ3) is 4.59. The summed E-state index contributed by atoms with van der Waals surface area (Å²) in [6.45, 7) is 9.06. The molecule has 3 rings (SSSR count). The molecule has 3 heterocycles. The number of hydrazone groups is 1. The zero-order chi connectivity index (χ0) is 21.3. The quantitative estimate of drug-likeness (QED) is 0.567. The van der Waals surface area contributed by atoms with Crippen LogP contribution < -0.4 is 16.7 Å². The van der Waals surface area contributed by atoms with E-state index in [2.05, 4.69) is 5.10 Å². The Labute approximate surface area is 171 Å². The van der Waals surface area contributed by atoms with Gasteiger partial charge in [0.15, 0.2) is 0 Å². The number of amides is 1. The van der Waals surface area contributed by atoms with Gasteiger partial charge in [-0.2, -0.15) is 5.10 Å². The van der Waals surface area contributed by atoms with Crippen molar-refractivity contribution in [3.05, 3.63) is 31.3 Å². The van der Waals surface area contributed by atoms with Crippen molar-refractivity contribution >= 4 is 33.9 Å². The molecule has 1 atom stereocenters. The minimum Gasteiger partial charge on any atom is -0.464 e. The molecular formula is C19H26N4O5S. The zero-order valence-corrected chi connectivity index (χ0v) is 17.8. The van der Waals surface area contributed by atoms with Gasteiger partial charge in [0.05, 0.1) is 29.1 Å². The number of fused-ring (bicyclic) bond motifs is 1. The highest BCUT2D eigenvalue weighted by Crippen LogP contribution is 2.28. The molecule has 1 aliphatic heterocycles. The fourth-order valence-electron chi connectivity index (χ4n) is 3.45. The number of carbonyl (C=O) groups is 1. The smallest absolute Gasteiger partial charge is 0.425 e. The maximum absolute atomic E-state index is 13.2. The number of nitrogens with zero attached hydrogens (tertiary/aromatic N) is 3. The maximum Gasteiger partial charge on any atom is 0.425 e. The fourth-order valence-corrected chi connectivity index (χ4v) is 4.62. The lowest BCUT2D eigenvalue weighted by Crippen LogP contribution is -2.43. The molecule has 0 aliphatic carbocycles. The molecule has 9 nitrogen and oxygen atoms in total. The first kappa shape index (κ1) is 21.3. The standard InChI is InChI=1S/C19H26N4O5S/c1-11-13(8-20-21-17(25)26)29-16-14(11)15(24)23(10-19(2,3)4)18(27)22(16)9-12-6-5-7-28-12/h8,12,21H,5-7,9-10H2,1-4H3,(H,25,26). The third-order valence-corrected chi connectivity index (χ3v) is 5.97. The van der Waals surface area contributed by atoms with Crippen molar-refractivity contribution < 1.29 is 14.6 Å². The predicted molar refractivity (Wildman–Crippen MR) is 112 cm³/mol. The van der Waals surface area contributed by atoms with E-state index in [-0.39, 0.29) is 22.8 Å². The number of hydrogen-bond acceptors (Lipinski definition) is 6. The van der Waals surface area contributed by atoms with Crippen molar-refractivity contribution in [2.45, 2.75) is 59.7 Å². The first-order valence-corrected chi connectivity index (χ1v) is 10.3. The molecule has 0 saturated carbocycles. The van der Waals surface area contributed by atoms with Crippen LogP contribution in [0.3, 0.4) is 0 Å².